The highest BCUT2D eigenvalue weighted by molar-refractivity contribution is 7.16. The van der Waals surface area contributed by atoms with E-state index in [0.29, 0.717) is 32.1 Å². The van der Waals surface area contributed by atoms with Crippen LogP contribution in [-0.4, -0.2) is 19.2 Å². The lowest BCUT2D eigenvalue weighted by Crippen LogP contribution is -2.14. The Balaban J connectivity index is 1.46. The first kappa shape index (κ1) is 26.3. The van der Waals surface area contributed by atoms with Crippen molar-refractivity contribution in [3.63, 3.8) is 0 Å². The maximum Gasteiger partial charge on any atom is 0.259 e. The fraction of sp³-hybridized carbons (Fsp3) is 0.200. The quantitative estimate of drug-likeness (QED) is 0.218. The van der Waals surface area contributed by atoms with Crippen LogP contribution in [0.4, 0.5) is 10.7 Å². The topological polar surface area (TPSA) is 59.9 Å². The van der Waals surface area contributed by atoms with Gasteiger partial charge in [-0.25, -0.2) is 4.99 Å². The molecule has 1 aliphatic rings. The Bertz CT molecular complexity index is 1480. The highest BCUT2D eigenvalue weighted by Gasteiger charge is 2.25. The third-order valence-electron chi connectivity index (χ3n) is 6.35. The summed E-state index contributed by atoms with van der Waals surface area (Å²) in [5.41, 5.74) is 4.06. The fourth-order valence-electron chi connectivity index (χ4n) is 4.46. The molecule has 0 bridgehead atoms. The highest BCUT2D eigenvalue weighted by atomic mass is 35.5. The number of anilines is 1. The summed E-state index contributed by atoms with van der Waals surface area (Å²) >= 11 is 14.0. The molecule has 1 aliphatic carbocycles. The van der Waals surface area contributed by atoms with E-state index in [0.717, 1.165) is 48.1 Å². The monoisotopic (exact) mass is 564 g/mol. The van der Waals surface area contributed by atoms with Gasteiger partial charge in [0.05, 0.1) is 12.7 Å². The van der Waals surface area contributed by atoms with Crippen molar-refractivity contribution in [2.45, 2.75) is 32.3 Å². The van der Waals surface area contributed by atoms with Gasteiger partial charge in [-0.05, 0) is 67.6 Å². The first-order chi connectivity index (χ1) is 18.5. The normalized spacial score (nSPS) is 12.8. The maximum absolute atomic E-state index is 13.4. The van der Waals surface area contributed by atoms with E-state index in [4.69, 9.17) is 37.7 Å². The molecular weight excluding hydrogens is 539 g/mol. The number of nitrogens with zero attached hydrogens (tertiary/aromatic N) is 1. The van der Waals surface area contributed by atoms with Gasteiger partial charge >= 0.3 is 0 Å². The Morgan fingerprint density at radius 2 is 1.87 bits per heavy atom. The van der Waals surface area contributed by atoms with E-state index in [9.17, 15) is 4.79 Å². The van der Waals surface area contributed by atoms with Crippen molar-refractivity contribution >= 4 is 57.3 Å². The van der Waals surface area contributed by atoms with Crippen LogP contribution in [0, 0.1) is 0 Å². The van der Waals surface area contributed by atoms with Gasteiger partial charge in [-0.1, -0.05) is 53.5 Å². The predicted molar refractivity (Wildman–Crippen MR) is 156 cm³/mol. The van der Waals surface area contributed by atoms with Crippen LogP contribution < -0.4 is 14.8 Å². The number of hydrogen-bond donors (Lipinski definition) is 1. The number of carbonyl (C=O) groups excluding carboxylic acids is 1. The lowest BCUT2D eigenvalue weighted by atomic mass is 9.95. The van der Waals surface area contributed by atoms with Crippen LogP contribution in [-0.2, 0) is 19.4 Å². The van der Waals surface area contributed by atoms with Crippen molar-refractivity contribution in [2.24, 2.45) is 4.99 Å². The molecule has 0 aliphatic heterocycles. The van der Waals surface area contributed by atoms with Gasteiger partial charge in [-0.2, -0.15) is 0 Å². The van der Waals surface area contributed by atoms with Gasteiger partial charge in [-0.15, -0.1) is 11.3 Å². The minimum atomic E-state index is -0.137. The summed E-state index contributed by atoms with van der Waals surface area (Å²) in [6.45, 7) is 0.231. The largest absolute Gasteiger partial charge is 0.493 e. The van der Waals surface area contributed by atoms with E-state index in [-0.39, 0.29) is 12.5 Å². The number of para-hydroxylation sites is 2. The molecule has 5 nitrogen and oxygen atoms in total. The summed E-state index contributed by atoms with van der Waals surface area (Å²) in [5, 5.41) is 4.82. The Labute approximate surface area is 236 Å². The average Bonchev–Trinajstić information content (AvgIpc) is 3.30. The third kappa shape index (κ3) is 5.88. The second-order valence-corrected chi connectivity index (χ2v) is 10.8. The molecule has 1 aromatic heterocycles. The van der Waals surface area contributed by atoms with Crippen LogP contribution in [0.3, 0.4) is 0 Å². The molecule has 3 aromatic carbocycles. The van der Waals surface area contributed by atoms with Gasteiger partial charge < -0.3 is 14.8 Å². The number of thiophene rings is 1. The number of carbonyl (C=O) groups is 1. The zero-order valence-corrected chi connectivity index (χ0v) is 23.1. The summed E-state index contributed by atoms with van der Waals surface area (Å²) in [6, 6.07) is 20.4. The second kappa shape index (κ2) is 12.0. The Kier molecular flexibility index (Phi) is 8.32. The van der Waals surface area contributed by atoms with Gasteiger partial charge in [0.1, 0.15) is 11.6 Å². The van der Waals surface area contributed by atoms with Crippen molar-refractivity contribution < 1.29 is 14.3 Å². The zero-order valence-electron chi connectivity index (χ0n) is 20.8. The highest BCUT2D eigenvalue weighted by Crippen LogP contribution is 2.41. The Morgan fingerprint density at radius 3 is 2.66 bits per heavy atom. The number of ether oxygens (including phenoxy) is 2. The van der Waals surface area contributed by atoms with Crippen LogP contribution in [0.1, 0.15) is 44.8 Å². The van der Waals surface area contributed by atoms with E-state index in [1.165, 1.54) is 4.88 Å². The Hall–Kier alpha value is -3.32. The molecule has 4 aromatic rings. The molecule has 0 spiro atoms. The van der Waals surface area contributed by atoms with E-state index < -0.39 is 0 Å². The lowest BCUT2D eigenvalue weighted by molar-refractivity contribution is 0.102. The fourth-order valence-corrected chi connectivity index (χ4v) is 6.15. The molecule has 194 valence electrons. The van der Waals surface area contributed by atoms with E-state index >= 15 is 0 Å². The van der Waals surface area contributed by atoms with Crippen LogP contribution >= 0.6 is 34.5 Å². The standard InChI is InChI=1S/C30H26Cl2N2O3S/c1-36-25-12-7-8-19(28(25)37-18-20-14-15-21(31)16-24(20)32)17-33-30-27(23-11-5-6-13-26(23)38-30)29(35)34-22-9-3-2-4-10-22/h2-4,7-10,12,14-17H,5-6,11,13,18H2,1H3,(H,34,35). The molecular formula is C30H26Cl2N2O3S. The van der Waals surface area contributed by atoms with E-state index in [2.05, 4.69) is 5.32 Å². The predicted octanol–water partition coefficient (Wildman–Crippen LogP) is 8.52. The number of aryl methyl sites for hydroxylation is 1. The molecule has 1 amide bonds. The number of rotatable bonds is 8. The van der Waals surface area contributed by atoms with Gasteiger partial charge in [0.2, 0.25) is 0 Å². The van der Waals surface area contributed by atoms with Crippen LogP contribution in [0.5, 0.6) is 11.5 Å². The number of nitrogens with one attached hydrogen (secondary N) is 1. The SMILES string of the molecule is COc1cccc(C=Nc2sc3c(c2C(=O)Nc2ccccc2)CCCC3)c1OCc1ccc(Cl)cc1Cl. The minimum Gasteiger partial charge on any atom is -0.493 e. The van der Waals surface area contributed by atoms with E-state index in [1.54, 1.807) is 36.8 Å². The number of halogens is 2. The van der Waals surface area contributed by atoms with Crippen molar-refractivity contribution in [3.8, 4) is 11.5 Å². The molecule has 0 fully saturated rings. The number of aliphatic imine (C=N–C) groups is 1. The molecule has 5 rings (SSSR count). The number of amides is 1. The summed E-state index contributed by atoms with van der Waals surface area (Å²) in [5.74, 6) is 0.982. The maximum atomic E-state index is 13.4. The molecule has 8 heteroatoms. The summed E-state index contributed by atoms with van der Waals surface area (Å²) < 4.78 is 11.7. The summed E-state index contributed by atoms with van der Waals surface area (Å²) in [6.07, 6.45) is 5.78. The molecule has 38 heavy (non-hydrogen) atoms. The third-order valence-corrected chi connectivity index (χ3v) is 8.14. The first-order valence-electron chi connectivity index (χ1n) is 12.3. The molecule has 0 saturated carbocycles. The number of methoxy groups -OCH3 is 1. The molecule has 0 atom stereocenters. The van der Waals surface area contributed by atoms with Crippen molar-refractivity contribution in [1.82, 2.24) is 0 Å². The van der Waals surface area contributed by atoms with Crippen molar-refractivity contribution in [3.05, 3.63) is 104 Å². The Morgan fingerprint density at radius 1 is 1.05 bits per heavy atom. The van der Waals surface area contributed by atoms with Crippen molar-refractivity contribution in [1.29, 1.82) is 0 Å². The number of benzene rings is 3. The van der Waals surface area contributed by atoms with Crippen molar-refractivity contribution in [2.75, 3.05) is 12.4 Å². The first-order valence-corrected chi connectivity index (χ1v) is 13.9. The zero-order chi connectivity index (χ0) is 26.5. The van der Waals surface area contributed by atoms with E-state index in [1.807, 2.05) is 54.6 Å². The van der Waals surface area contributed by atoms with Gasteiger partial charge in [-0.3, -0.25) is 4.79 Å². The molecule has 0 radical (unpaired) electrons. The second-order valence-electron chi connectivity index (χ2n) is 8.87. The molecule has 1 heterocycles. The number of hydrogen-bond acceptors (Lipinski definition) is 5. The molecule has 0 saturated heterocycles. The average molecular weight is 566 g/mol. The van der Waals surface area contributed by atoms with Crippen LogP contribution in [0.25, 0.3) is 0 Å². The van der Waals surface area contributed by atoms with Gasteiger partial charge in [0.25, 0.3) is 5.91 Å². The van der Waals surface area contributed by atoms with Gasteiger partial charge in [0.15, 0.2) is 11.5 Å². The molecule has 0 unspecified atom stereocenters. The van der Waals surface area contributed by atoms with Crippen LogP contribution in [0.2, 0.25) is 10.0 Å². The van der Waals surface area contributed by atoms with Crippen LogP contribution in [0.15, 0.2) is 71.7 Å². The summed E-state index contributed by atoms with van der Waals surface area (Å²) in [7, 11) is 1.59. The lowest BCUT2D eigenvalue weighted by Gasteiger charge is -2.14. The summed E-state index contributed by atoms with van der Waals surface area (Å²) in [4.78, 5) is 19.5. The van der Waals surface area contributed by atoms with Gasteiger partial charge in [0, 0.05) is 38.0 Å². The molecule has 1 N–H and O–H groups in total. The minimum absolute atomic E-state index is 0.137. The number of fused-ring (bicyclic) bond motifs is 1. The smallest absolute Gasteiger partial charge is 0.259 e.